The lowest BCUT2D eigenvalue weighted by Gasteiger charge is -2.43. The summed E-state index contributed by atoms with van der Waals surface area (Å²) in [5, 5.41) is 0. The second kappa shape index (κ2) is 6.20. The van der Waals surface area contributed by atoms with Crippen LogP contribution in [0, 0.1) is 0 Å². The van der Waals surface area contributed by atoms with Crippen molar-refractivity contribution in [2.24, 2.45) is 0 Å². The molecule has 0 radical (unpaired) electrons. The average Bonchev–Trinajstić information content (AvgIpc) is 2.26. The van der Waals surface area contributed by atoms with Gasteiger partial charge in [0.15, 0.2) is 0 Å². The fourth-order valence-electron chi connectivity index (χ4n) is 2.74. The first-order valence-electron chi connectivity index (χ1n) is 7.14. The molecule has 106 valence electrons. The predicted molar refractivity (Wildman–Crippen MR) is 93.6 cm³/mol. The molecule has 0 aliphatic rings. The molecule has 0 saturated carbocycles. The van der Waals surface area contributed by atoms with Crippen molar-refractivity contribution in [2.75, 3.05) is 6.54 Å². The van der Waals surface area contributed by atoms with Crippen molar-refractivity contribution in [1.29, 1.82) is 0 Å². The second-order valence-electron chi connectivity index (χ2n) is 7.19. The van der Waals surface area contributed by atoms with Gasteiger partial charge in [0.2, 0.25) is 0 Å². The normalized spacial score (nSPS) is 12.8. The molecule has 0 atom stereocenters. The monoisotopic (exact) mass is 291 g/mol. The number of nitrogens with zero attached hydrogens (tertiary/aromatic N) is 1. The van der Waals surface area contributed by atoms with E-state index in [0.29, 0.717) is 0 Å². The zero-order valence-corrected chi connectivity index (χ0v) is 15.5. The Morgan fingerprint density at radius 2 is 1.42 bits per heavy atom. The predicted octanol–water partition coefficient (Wildman–Crippen LogP) is 4.84. The highest BCUT2D eigenvalue weighted by Crippen LogP contribution is 2.20. The summed E-state index contributed by atoms with van der Waals surface area (Å²) >= 11 is 0. The van der Waals surface area contributed by atoms with Crippen LogP contribution in [0.1, 0.15) is 11.1 Å². The van der Waals surface area contributed by atoms with Crippen molar-refractivity contribution < 1.29 is 0 Å². The van der Waals surface area contributed by atoms with Crippen LogP contribution in [0.4, 0.5) is 0 Å². The minimum Gasteiger partial charge on any atom is -0.345 e. The Bertz CT molecular complexity index is 396. The highest BCUT2D eigenvalue weighted by Gasteiger charge is 2.33. The molecule has 0 N–H and O–H groups in total. The average molecular weight is 292 g/mol. The molecule has 0 aromatic heterocycles. The third-order valence-corrected chi connectivity index (χ3v) is 11.2. The number of hydrogen-bond donors (Lipinski definition) is 0. The molecule has 0 fully saturated rings. The van der Waals surface area contributed by atoms with Gasteiger partial charge < -0.3 is 4.23 Å². The maximum absolute atomic E-state index is 3.80. The highest BCUT2D eigenvalue weighted by atomic mass is 28.4. The zero-order valence-electron chi connectivity index (χ0n) is 13.5. The summed E-state index contributed by atoms with van der Waals surface area (Å²) in [6.45, 7) is 19.8. The van der Waals surface area contributed by atoms with E-state index in [1.165, 1.54) is 17.7 Å². The van der Waals surface area contributed by atoms with Gasteiger partial charge >= 0.3 is 0 Å². The van der Waals surface area contributed by atoms with E-state index in [9.17, 15) is 0 Å². The highest BCUT2D eigenvalue weighted by molar-refractivity contribution is 6.89. The first-order chi connectivity index (χ1) is 8.64. The molecule has 0 aliphatic heterocycles. The third kappa shape index (κ3) is 5.09. The molecule has 0 bridgehead atoms. The minimum absolute atomic E-state index is 1.16. The van der Waals surface area contributed by atoms with E-state index >= 15 is 0 Å². The van der Waals surface area contributed by atoms with E-state index in [1.54, 1.807) is 0 Å². The van der Waals surface area contributed by atoms with Gasteiger partial charge in [0.1, 0.15) is 16.5 Å². The summed E-state index contributed by atoms with van der Waals surface area (Å²) in [4.78, 5) is 0. The van der Waals surface area contributed by atoms with Crippen LogP contribution in [0.15, 0.2) is 30.8 Å². The van der Waals surface area contributed by atoms with E-state index < -0.39 is 16.5 Å². The number of benzene rings is 1. The van der Waals surface area contributed by atoms with Gasteiger partial charge in [0, 0.05) is 0 Å². The van der Waals surface area contributed by atoms with Gasteiger partial charge in [-0.1, -0.05) is 76.2 Å². The SMILES string of the molecule is C=Cc1ccc(CCN([Si](C)(C)C)[Si](C)(C)C)cc1. The van der Waals surface area contributed by atoms with Gasteiger partial charge in [0.25, 0.3) is 0 Å². The maximum Gasteiger partial charge on any atom is 0.112 e. The Morgan fingerprint density at radius 1 is 0.947 bits per heavy atom. The Balaban J connectivity index is 2.73. The van der Waals surface area contributed by atoms with Crippen LogP contribution in [-0.4, -0.2) is 27.2 Å². The summed E-state index contributed by atoms with van der Waals surface area (Å²) in [6, 6.07) is 8.80. The summed E-state index contributed by atoms with van der Waals surface area (Å²) in [5.41, 5.74) is 2.64. The molecule has 1 rings (SSSR count). The third-order valence-electron chi connectivity index (χ3n) is 3.46. The van der Waals surface area contributed by atoms with Crippen LogP contribution in [-0.2, 0) is 6.42 Å². The molecule has 19 heavy (non-hydrogen) atoms. The molecule has 0 saturated heterocycles. The second-order valence-corrected chi connectivity index (χ2v) is 17.4. The molecule has 0 spiro atoms. The Morgan fingerprint density at radius 3 is 1.79 bits per heavy atom. The van der Waals surface area contributed by atoms with E-state index in [4.69, 9.17) is 0 Å². The van der Waals surface area contributed by atoms with Crippen molar-refractivity contribution in [3.8, 4) is 0 Å². The maximum atomic E-state index is 3.80. The van der Waals surface area contributed by atoms with E-state index in [1.807, 2.05) is 6.08 Å². The van der Waals surface area contributed by atoms with E-state index in [2.05, 4.69) is 74.4 Å². The Hall–Kier alpha value is -0.646. The van der Waals surface area contributed by atoms with Gasteiger partial charge in [-0.25, -0.2) is 0 Å². The van der Waals surface area contributed by atoms with Gasteiger partial charge in [-0.05, 0) is 24.1 Å². The summed E-state index contributed by atoms with van der Waals surface area (Å²) in [6.07, 6.45) is 3.06. The van der Waals surface area contributed by atoms with Crippen molar-refractivity contribution in [1.82, 2.24) is 4.23 Å². The lowest BCUT2D eigenvalue weighted by atomic mass is 10.1. The van der Waals surface area contributed by atoms with Crippen molar-refractivity contribution >= 4 is 22.5 Å². The smallest absolute Gasteiger partial charge is 0.112 e. The van der Waals surface area contributed by atoms with Crippen LogP contribution in [0.25, 0.3) is 6.08 Å². The standard InChI is InChI=1S/C16H29NSi2/c1-8-15-9-11-16(12-10-15)13-14-17(18(2,3)4)19(5,6)7/h8-12H,1,13-14H2,2-7H3. The topological polar surface area (TPSA) is 3.24 Å². The first kappa shape index (κ1) is 16.4. The molecule has 0 heterocycles. The van der Waals surface area contributed by atoms with E-state index in [0.717, 1.165) is 6.42 Å². The fraction of sp³-hybridized carbons (Fsp3) is 0.500. The molecule has 0 unspecified atom stereocenters. The molecule has 1 aromatic rings. The van der Waals surface area contributed by atoms with Gasteiger partial charge in [-0.2, -0.15) is 0 Å². The van der Waals surface area contributed by atoms with Gasteiger partial charge in [-0.3, -0.25) is 0 Å². The number of rotatable bonds is 6. The lowest BCUT2D eigenvalue weighted by Crippen LogP contribution is -2.59. The van der Waals surface area contributed by atoms with Gasteiger partial charge in [-0.15, -0.1) is 0 Å². The number of hydrogen-bond acceptors (Lipinski definition) is 1. The molecule has 0 amide bonds. The van der Waals surface area contributed by atoms with Crippen LogP contribution in [0.3, 0.4) is 0 Å². The van der Waals surface area contributed by atoms with Crippen molar-refractivity contribution in [3.05, 3.63) is 42.0 Å². The largest absolute Gasteiger partial charge is 0.345 e. The van der Waals surface area contributed by atoms with E-state index in [-0.39, 0.29) is 0 Å². The first-order valence-corrected chi connectivity index (χ1v) is 14.0. The molecular weight excluding hydrogens is 262 g/mol. The van der Waals surface area contributed by atoms with Crippen molar-refractivity contribution in [3.63, 3.8) is 0 Å². The molecule has 1 nitrogen and oxygen atoms in total. The van der Waals surface area contributed by atoms with Crippen LogP contribution in [0.2, 0.25) is 39.3 Å². The van der Waals surface area contributed by atoms with Crippen molar-refractivity contribution in [2.45, 2.75) is 45.7 Å². The van der Waals surface area contributed by atoms with Crippen LogP contribution < -0.4 is 0 Å². The quantitative estimate of drug-likeness (QED) is 0.678. The summed E-state index contributed by atoms with van der Waals surface area (Å²) in [7, 11) is -2.43. The fourth-order valence-corrected chi connectivity index (χ4v) is 12.4. The zero-order chi connectivity index (χ0) is 14.7. The van der Waals surface area contributed by atoms with Crippen LogP contribution >= 0.6 is 0 Å². The summed E-state index contributed by atoms with van der Waals surface area (Å²) in [5.74, 6) is 0. The molecule has 3 heteroatoms. The summed E-state index contributed by atoms with van der Waals surface area (Å²) < 4.78 is 2.85. The Labute approximate surface area is 121 Å². The van der Waals surface area contributed by atoms with Gasteiger partial charge in [0.05, 0.1) is 0 Å². The molecular formula is C16H29NSi2. The minimum atomic E-state index is -1.21. The van der Waals surface area contributed by atoms with Crippen LogP contribution in [0.5, 0.6) is 0 Å². The molecule has 1 aromatic carbocycles. The molecule has 0 aliphatic carbocycles. The Kier molecular flexibility index (Phi) is 5.36. The lowest BCUT2D eigenvalue weighted by molar-refractivity contribution is 0.612.